The maximum absolute atomic E-state index is 11.9. The molecule has 0 saturated heterocycles. The number of aryl methyl sites for hydroxylation is 1. The highest BCUT2D eigenvalue weighted by Gasteiger charge is 2.13. The molecular formula is C11H10ClN3OS. The van der Waals surface area contributed by atoms with Gasteiger partial charge in [-0.3, -0.25) is 10.1 Å². The predicted molar refractivity (Wildman–Crippen MR) is 70.7 cm³/mol. The van der Waals surface area contributed by atoms with E-state index in [4.69, 9.17) is 17.3 Å². The highest BCUT2D eigenvalue weighted by atomic mass is 35.5. The average molecular weight is 268 g/mol. The van der Waals surface area contributed by atoms with Crippen LogP contribution in [-0.4, -0.2) is 10.9 Å². The van der Waals surface area contributed by atoms with Crippen molar-refractivity contribution in [2.24, 2.45) is 0 Å². The minimum atomic E-state index is -0.309. The lowest BCUT2D eigenvalue weighted by Gasteiger charge is -2.05. The van der Waals surface area contributed by atoms with Crippen molar-refractivity contribution in [2.75, 3.05) is 11.1 Å². The topological polar surface area (TPSA) is 68.0 Å². The summed E-state index contributed by atoms with van der Waals surface area (Å²) >= 11 is 7.32. The number of carbonyl (C=O) groups is 1. The summed E-state index contributed by atoms with van der Waals surface area (Å²) in [5.74, 6) is -0.309. The molecule has 1 amide bonds. The molecule has 17 heavy (non-hydrogen) atoms. The van der Waals surface area contributed by atoms with Crippen LogP contribution in [0.2, 0.25) is 5.02 Å². The molecule has 2 aromatic rings. The lowest BCUT2D eigenvalue weighted by molar-refractivity contribution is 0.102. The van der Waals surface area contributed by atoms with Crippen LogP contribution in [0.3, 0.4) is 0 Å². The van der Waals surface area contributed by atoms with Crippen LogP contribution >= 0.6 is 22.9 Å². The molecule has 1 aromatic heterocycles. The van der Waals surface area contributed by atoms with E-state index in [9.17, 15) is 4.79 Å². The molecule has 88 valence electrons. The van der Waals surface area contributed by atoms with Crippen LogP contribution in [0.15, 0.2) is 23.6 Å². The molecule has 1 heterocycles. The first-order valence-electron chi connectivity index (χ1n) is 4.85. The number of rotatable bonds is 2. The number of aromatic nitrogens is 1. The molecule has 3 N–H and O–H groups in total. The van der Waals surface area contributed by atoms with Gasteiger partial charge in [0, 0.05) is 5.38 Å². The monoisotopic (exact) mass is 267 g/mol. The summed E-state index contributed by atoms with van der Waals surface area (Å²) in [7, 11) is 0. The zero-order valence-corrected chi connectivity index (χ0v) is 10.6. The van der Waals surface area contributed by atoms with E-state index in [1.807, 2.05) is 12.3 Å². The van der Waals surface area contributed by atoms with E-state index in [-0.39, 0.29) is 10.9 Å². The van der Waals surface area contributed by atoms with E-state index >= 15 is 0 Å². The van der Waals surface area contributed by atoms with E-state index in [0.29, 0.717) is 16.4 Å². The second kappa shape index (κ2) is 4.73. The lowest BCUT2D eigenvalue weighted by Crippen LogP contribution is -2.12. The van der Waals surface area contributed by atoms with Crippen molar-refractivity contribution in [3.63, 3.8) is 0 Å². The van der Waals surface area contributed by atoms with Crippen LogP contribution in [0.25, 0.3) is 0 Å². The molecule has 0 aliphatic carbocycles. The van der Waals surface area contributed by atoms with E-state index in [1.54, 1.807) is 18.2 Å². The smallest absolute Gasteiger partial charge is 0.259 e. The number of nitrogens with zero attached hydrogens (tertiary/aromatic N) is 1. The highest BCUT2D eigenvalue weighted by Crippen LogP contribution is 2.24. The number of nitrogens with two attached hydrogens (primary N) is 1. The number of halogens is 1. The molecule has 0 saturated carbocycles. The number of hydrogen-bond donors (Lipinski definition) is 2. The Bertz CT molecular complexity index is 568. The first kappa shape index (κ1) is 11.9. The molecule has 1 aromatic carbocycles. The van der Waals surface area contributed by atoms with Gasteiger partial charge < -0.3 is 5.73 Å². The molecule has 0 spiro atoms. The summed E-state index contributed by atoms with van der Waals surface area (Å²) in [4.78, 5) is 16.1. The molecular weight excluding hydrogens is 258 g/mol. The maximum Gasteiger partial charge on any atom is 0.259 e. The van der Waals surface area contributed by atoms with Gasteiger partial charge in [0.1, 0.15) is 0 Å². The van der Waals surface area contributed by atoms with Crippen molar-refractivity contribution in [1.82, 2.24) is 4.98 Å². The number of anilines is 2. The van der Waals surface area contributed by atoms with Gasteiger partial charge in [-0.1, -0.05) is 17.7 Å². The predicted octanol–water partition coefficient (Wildman–Crippen LogP) is 2.94. The molecule has 0 unspecified atom stereocenters. The zero-order valence-electron chi connectivity index (χ0n) is 9.03. The minimum absolute atomic E-state index is 0.262. The van der Waals surface area contributed by atoms with E-state index in [0.717, 1.165) is 5.69 Å². The highest BCUT2D eigenvalue weighted by molar-refractivity contribution is 7.13. The molecule has 0 bridgehead atoms. The van der Waals surface area contributed by atoms with Crippen molar-refractivity contribution in [3.05, 3.63) is 39.9 Å². The molecule has 6 heteroatoms. The molecule has 0 radical (unpaired) electrons. The Kier molecular flexibility index (Phi) is 3.31. The molecule has 0 aliphatic rings. The van der Waals surface area contributed by atoms with Crippen molar-refractivity contribution in [1.29, 1.82) is 0 Å². The van der Waals surface area contributed by atoms with Gasteiger partial charge in [-0.2, -0.15) is 0 Å². The van der Waals surface area contributed by atoms with Gasteiger partial charge in [-0.05, 0) is 19.1 Å². The molecule has 4 nitrogen and oxygen atoms in total. The molecule has 0 atom stereocenters. The zero-order chi connectivity index (χ0) is 12.4. The van der Waals surface area contributed by atoms with E-state index < -0.39 is 0 Å². The summed E-state index contributed by atoms with van der Waals surface area (Å²) in [6, 6.07) is 4.95. The van der Waals surface area contributed by atoms with Crippen LogP contribution in [-0.2, 0) is 0 Å². The Balaban J connectivity index is 2.23. The fourth-order valence-corrected chi connectivity index (χ4v) is 2.20. The lowest BCUT2D eigenvalue weighted by atomic mass is 10.2. The fourth-order valence-electron chi connectivity index (χ4n) is 1.30. The number of amides is 1. The Labute approximate surface area is 107 Å². The van der Waals surface area contributed by atoms with Crippen LogP contribution < -0.4 is 11.1 Å². The third-order valence-corrected chi connectivity index (χ3v) is 3.41. The summed E-state index contributed by atoms with van der Waals surface area (Å²) in [6.45, 7) is 1.86. The number of carbonyl (C=O) groups excluding carboxylic acids is 1. The minimum Gasteiger partial charge on any atom is -0.398 e. The van der Waals surface area contributed by atoms with Crippen LogP contribution in [0.4, 0.5) is 10.8 Å². The van der Waals surface area contributed by atoms with Crippen LogP contribution in [0.5, 0.6) is 0 Å². The van der Waals surface area contributed by atoms with Gasteiger partial charge in [0.25, 0.3) is 5.91 Å². The van der Waals surface area contributed by atoms with Gasteiger partial charge >= 0.3 is 0 Å². The normalized spacial score (nSPS) is 10.2. The van der Waals surface area contributed by atoms with Crippen molar-refractivity contribution in [3.8, 4) is 0 Å². The summed E-state index contributed by atoms with van der Waals surface area (Å²) in [5, 5.41) is 5.34. The largest absolute Gasteiger partial charge is 0.398 e. The standard InChI is InChI=1S/C11H10ClN3OS/c1-6-5-17-11(14-6)15-10(16)7-3-2-4-8(13)9(7)12/h2-5H,13H2,1H3,(H,14,15,16). The van der Waals surface area contributed by atoms with Gasteiger partial charge in [0.2, 0.25) is 0 Å². The third-order valence-electron chi connectivity index (χ3n) is 2.11. The maximum atomic E-state index is 11.9. The second-order valence-electron chi connectivity index (χ2n) is 3.46. The van der Waals surface area contributed by atoms with Crippen LogP contribution in [0, 0.1) is 6.92 Å². The van der Waals surface area contributed by atoms with Crippen molar-refractivity contribution >= 4 is 39.7 Å². The molecule has 2 rings (SSSR count). The van der Waals surface area contributed by atoms with Gasteiger partial charge in [-0.25, -0.2) is 4.98 Å². The van der Waals surface area contributed by atoms with Crippen LogP contribution in [0.1, 0.15) is 16.1 Å². The number of nitrogens with one attached hydrogen (secondary N) is 1. The van der Waals surface area contributed by atoms with Crippen molar-refractivity contribution in [2.45, 2.75) is 6.92 Å². The number of nitrogen functional groups attached to an aromatic ring is 1. The molecule has 0 fully saturated rings. The first-order valence-corrected chi connectivity index (χ1v) is 6.11. The summed E-state index contributed by atoms with van der Waals surface area (Å²) in [6.07, 6.45) is 0. The molecule has 0 aliphatic heterocycles. The van der Waals surface area contributed by atoms with Gasteiger partial charge in [-0.15, -0.1) is 11.3 Å². The van der Waals surface area contributed by atoms with E-state index in [2.05, 4.69) is 10.3 Å². The van der Waals surface area contributed by atoms with Crippen molar-refractivity contribution < 1.29 is 4.79 Å². The Morgan fingerprint density at radius 1 is 1.53 bits per heavy atom. The average Bonchev–Trinajstić information content (AvgIpc) is 2.68. The summed E-state index contributed by atoms with van der Waals surface area (Å²) in [5.41, 5.74) is 7.23. The first-order chi connectivity index (χ1) is 8.08. The quantitative estimate of drug-likeness (QED) is 0.822. The van der Waals surface area contributed by atoms with E-state index in [1.165, 1.54) is 11.3 Å². The third kappa shape index (κ3) is 2.57. The second-order valence-corrected chi connectivity index (χ2v) is 4.69. The van der Waals surface area contributed by atoms with Gasteiger partial charge in [0.05, 0.1) is 22.0 Å². The number of benzene rings is 1. The fraction of sp³-hybridized carbons (Fsp3) is 0.0909. The Morgan fingerprint density at radius 3 is 2.94 bits per heavy atom. The van der Waals surface area contributed by atoms with Gasteiger partial charge in [0.15, 0.2) is 5.13 Å². The Morgan fingerprint density at radius 2 is 2.29 bits per heavy atom. The SMILES string of the molecule is Cc1csc(NC(=O)c2cccc(N)c2Cl)n1. The summed E-state index contributed by atoms with van der Waals surface area (Å²) < 4.78 is 0. The number of thiazole rings is 1. The Hall–Kier alpha value is -1.59. The number of hydrogen-bond acceptors (Lipinski definition) is 4.